The molecular formula is C17H24F3N3O3. The summed E-state index contributed by atoms with van der Waals surface area (Å²) >= 11 is 0. The number of amides is 1. The van der Waals surface area contributed by atoms with Gasteiger partial charge in [0.1, 0.15) is 5.60 Å². The zero-order chi connectivity index (χ0) is 20.1. The number of nitrogen functional groups attached to an aromatic ring is 2. The number of alkyl halides is 3. The van der Waals surface area contributed by atoms with Crippen LogP contribution in [0.2, 0.25) is 0 Å². The first-order valence-electron chi connectivity index (χ1n) is 7.86. The van der Waals surface area contributed by atoms with Gasteiger partial charge in [0.15, 0.2) is 5.75 Å². The van der Waals surface area contributed by atoms with E-state index < -0.39 is 23.4 Å². The molecule has 9 heteroatoms. The Labute approximate surface area is 150 Å². The van der Waals surface area contributed by atoms with Crippen LogP contribution in [0.5, 0.6) is 5.75 Å². The van der Waals surface area contributed by atoms with Crippen LogP contribution in [0, 0.1) is 0 Å². The number of ether oxygens (including phenoxy) is 2. The van der Waals surface area contributed by atoms with Crippen molar-refractivity contribution in [3.05, 3.63) is 30.5 Å². The Morgan fingerprint density at radius 1 is 1.23 bits per heavy atom. The summed E-state index contributed by atoms with van der Waals surface area (Å²) in [5.41, 5.74) is 9.21. The van der Waals surface area contributed by atoms with E-state index in [0.717, 1.165) is 12.1 Å². The lowest BCUT2D eigenvalue weighted by molar-refractivity contribution is -0.137. The number of rotatable bonds is 6. The summed E-state index contributed by atoms with van der Waals surface area (Å²) in [6.45, 7) is 9.11. The molecule has 0 aliphatic rings. The summed E-state index contributed by atoms with van der Waals surface area (Å²) < 4.78 is 48.7. The maximum absolute atomic E-state index is 12.7. The lowest BCUT2D eigenvalue weighted by Gasteiger charge is -2.25. The number of hydrogen-bond acceptors (Lipinski definition) is 5. The zero-order valence-electron chi connectivity index (χ0n) is 15.0. The van der Waals surface area contributed by atoms with Crippen molar-refractivity contribution in [1.29, 1.82) is 0 Å². The van der Waals surface area contributed by atoms with Crippen molar-refractivity contribution < 1.29 is 27.4 Å². The maximum atomic E-state index is 12.7. The number of nitrogens with two attached hydrogens (primary N) is 2. The minimum absolute atomic E-state index is 0.0135. The van der Waals surface area contributed by atoms with E-state index in [-0.39, 0.29) is 30.3 Å². The van der Waals surface area contributed by atoms with Gasteiger partial charge in [0.25, 0.3) is 0 Å². The van der Waals surface area contributed by atoms with E-state index in [9.17, 15) is 18.0 Å². The van der Waals surface area contributed by atoms with Crippen molar-refractivity contribution in [3.8, 4) is 5.75 Å². The van der Waals surface area contributed by atoms with Gasteiger partial charge in [-0.1, -0.05) is 6.58 Å². The summed E-state index contributed by atoms with van der Waals surface area (Å²) in [7, 11) is 0. The number of anilines is 2. The summed E-state index contributed by atoms with van der Waals surface area (Å²) in [5.74, 6) is -0.0135. The summed E-state index contributed by atoms with van der Waals surface area (Å²) in [6, 6.07) is 1.53. The molecule has 0 aliphatic carbocycles. The van der Waals surface area contributed by atoms with Gasteiger partial charge in [-0.2, -0.15) is 13.2 Å². The van der Waals surface area contributed by atoms with Gasteiger partial charge in [0.2, 0.25) is 0 Å². The SMILES string of the molecule is C=CN(CCCOc1c(N)cc(C(F)(F)F)cc1N)C(=O)OC(C)(C)C. The molecule has 146 valence electrons. The topological polar surface area (TPSA) is 90.8 Å². The number of benzene rings is 1. The minimum atomic E-state index is -4.54. The van der Waals surface area contributed by atoms with Gasteiger partial charge in [-0.3, -0.25) is 4.90 Å². The Morgan fingerprint density at radius 3 is 2.19 bits per heavy atom. The molecular weight excluding hydrogens is 351 g/mol. The highest BCUT2D eigenvalue weighted by Crippen LogP contribution is 2.37. The van der Waals surface area contributed by atoms with E-state index in [4.69, 9.17) is 20.9 Å². The normalized spacial score (nSPS) is 11.8. The van der Waals surface area contributed by atoms with Crippen LogP contribution in [0.25, 0.3) is 0 Å². The summed E-state index contributed by atoms with van der Waals surface area (Å²) in [4.78, 5) is 13.2. The van der Waals surface area contributed by atoms with Crippen molar-refractivity contribution in [1.82, 2.24) is 4.90 Å². The molecule has 0 atom stereocenters. The first-order chi connectivity index (χ1) is 11.8. The molecule has 26 heavy (non-hydrogen) atoms. The Hall–Kier alpha value is -2.58. The van der Waals surface area contributed by atoms with Crippen LogP contribution in [0.4, 0.5) is 29.3 Å². The average Bonchev–Trinajstić information content (AvgIpc) is 2.46. The highest BCUT2D eigenvalue weighted by atomic mass is 19.4. The van der Waals surface area contributed by atoms with Crippen LogP contribution in [-0.2, 0) is 10.9 Å². The standard InChI is InChI=1S/C17H24F3N3O3/c1-5-23(15(24)26-16(2,3)4)7-6-8-25-14-12(21)9-11(10-13(14)22)17(18,19)20/h5,9-10H,1,6-8,21-22H2,2-4H3. The van der Waals surface area contributed by atoms with Crippen LogP contribution in [0.1, 0.15) is 32.8 Å². The van der Waals surface area contributed by atoms with Gasteiger partial charge < -0.3 is 20.9 Å². The molecule has 0 saturated carbocycles. The molecule has 1 rings (SSSR count). The second-order valence-corrected chi connectivity index (χ2v) is 6.54. The third kappa shape index (κ3) is 6.38. The Kier molecular flexibility index (Phi) is 6.77. The van der Waals surface area contributed by atoms with Crippen molar-refractivity contribution in [2.24, 2.45) is 0 Å². The molecule has 0 bridgehead atoms. The summed E-state index contributed by atoms with van der Waals surface area (Å²) in [6.07, 6.45) is -3.40. The van der Waals surface area contributed by atoms with Gasteiger partial charge in [-0.25, -0.2) is 4.79 Å². The number of nitrogens with zero attached hydrogens (tertiary/aromatic N) is 1. The van der Waals surface area contributed by atoms with Crippen molar-refractivity contribution >= 4 is 17.5 Å². The molecule has 1 aromatic rings. The van der Waals surface area contributed by atoms with Crippen LogP contribution in [0.15, 0.2) is 24.9 Å². The van der Waals surface area contributed by atoms with Gasteiger partial charge >= 0.3 is 12.3 Å². The molecule has 0 saturated heterocycles. The van der Waals surface area contributed by atoms with E-state index in [1.165, 1.54) is 11.1 Å². The molecule has 0 heterocycles. The predicted molar refractivity (Wildman–Crippen MR) is 93.5 cm³/mol. The number of carbonyl (C=O) groups is 1. The van der Waals surface area contributed by atoms with E-state index in [2.05, 4.69) is 6.58 Å². The van der Waals surface area contributed by atoms with Gasteiger partial charge in [0, 0.05) is 12.7 Å². The third-order valence-corrected chi connectivity index (χ3v) is 3.11. The first-order valence-corrected chi connectivity index (χ1v) is 7.86. The average molecular weight is 375 g/mol. The maximum Gasteiger partial charge on any atom is 0.416 e. The predicted octanol–water partition coefficient (Wildman–Crippen LogP) is 4.02. The van der Waals surface area contributed by atoms with Crippen LogP contribution in [-0.4, -0.2) is 29.7 Å². The lowest BCUT2D eigenvalue weighted by Crippen LogP contribution is -2.34. The summed E-state index contributed by atoms with van der Waals surface area (Å²) in [5, 5.41) is 0. The van der Waals surface area contributed by atoms with E-state index >= 15 is 0 Å². The quantitative estimate of drug-likeness (QED) is 0.579. The monoisotopic (exact) mass is 375 g/mol. The van der Waals surface area contributed by atoms with Crippen LogP contribution in [0.3, 0.4) is 0 Å². The molecule has 6 nitrogen and oxygen atoms in total. The fraction of sp³-hybridized carbons (Fsp3) is 0.471. The van der Waals surface area contributed by atoms with E-state index in [1.54, 1.807) is 20.8 Å². The fourth-order valence-corrected chi connectivity index (χ4v) is 1.99. The molecule has 0 fully saturated rings. The van der Waals surface area contributed by atoms with Crippen LogP contribution >= 0.6 is 0 Å². The van der Waals surface area contributed by atoms with Crippen LogP contribution < -0.4 is 16.2 Å². The van der Waals surface area contributed by atoms with Crippen molar-refractivity contribution in [3.63, 3.8) is 0 Å². The minimum Gasteiger partial charge on any atom is -0.489 e. The van der Waals surface area contributed by atoms with Gasteiger partial charge in [0.05, 0.1) is 23.5 Å². The molecule has 1 aromatic carbocycles. The van der Waals surface area contributed by atoms with Gasteiger partial charge in [-0.15, -0.1) is 0 Å². The molecule has 0 spiro atoms. The first kappa shape index (κ1) is 21.5. The Balaban J connectivity index is 2.63. The highest BCUT2D eigenvalue weighted by molar-refractivity contribution is 5.69. The second-order valence-electron chi connectivity index (χ2n) is 6.54. The largest absolute Gasteiger partial charge is 0.489 e. The second kappa shape index (κ2) is 8.20. The van der Waals surface area contributed by atoms with Crippen molar-refractivity contribution in [2.75, 3.05) is 24.6 Å². The molecule has 0 aliphatic heterocycles. The molecule has 0 radical (unpaired) electrons. The van der Waals surface area contributed by atoms with Crippen molar-refractivity contribution in [2.45, 2.75) is 39.0 Å². The molecule has 4 N–H and O–H groups in total. The Bertz CT molecular complexity index is 632. The highest BCUT2D eigenvalue weighted by Gasteiger charge is 2.32. The molecule has 0 unspecified atom stereocenters. The molecule has 0 aromatic heterocycles. The van der Waals surface area contributed by atoms with E-state index in [0.29, 0.717) is 6.42 Å². The zero-order valence-corrected chi connectivity index (χ0v) is 15.0. The van der Waals surface area contributed by atoms with E-state index in [1.807, 2.05) is 0 Å². The number of halogens is 3. The lowest BCUT2D eigenvalue weighted by atomic mass is 10.1. The number of carbonyl (C=O) groups excluding carboxylic acids is 1. The van der Waals surface area contributed by atoms with Gasteiger partial charge in [-0.05, 0) is 39.3 Å². The smallest absolute Gasteiger partial charge is 0.416 e. The number of hydrogen-bond donors (Lipinski definition) is 2. The third-order valence-electron chi connectivity index (χ3n) is 3.11. The molecule has 1 amide bonds. The fourth-order valence-electron chi connectivity index (χ4n) is 1.99. The Morgan fingerprint density at radius 2 is 1.77 bits per heavy atom.